The summed E-state index contributed by atoms with van der Waals surface area (Å²) < 4.78 is 0. The summed E-state index contributed by atoms with van der Waals surface area (Å²) in [5, 5.41) is 3.26. The fourth-order valence-electron chi connectivity index (χ4n) is 2.17. The molecule has 0 N–H and O–H groups in total. The van der Waals surface area contributed by atoms with Crippen LogP contribution in [0.2, 0.25) is 5.02 Å². The number of hydrogen-bond acceptors (Lipinski definition) is 1. The van der Waals surface area contributed by atoms with Crippen LogP contribution >= 0.6 is 11.6 Å². The average Bonchev–Trinajstić information content (AvgIpc) is 2.94. The Morgan fingerprint density at radius 3 is 2.87 bits per heavy atom. The van der Waals surface area contributed by atoms with Crippen LogP contribution in [0.3, 0.4) is 0 Å². The molecule has 76 valence electrons. The lowest BCUT2D eigenvalue weighted by Crippen LogP contribution is -1.89. The zero-order chi connectivity index (χ0) is 10.4. The van der Waals surface area contributed by atoms with E-state index in [0.29, 0.717) is 5.92 Å². The second-order valence-electron chi connectivity index (χ2n) is 4.38. The highest BCUT2D eigenvalue weighted by molar-refractivity contribution is 6.31. The molecular formula is C13H12ClN. The SMILES string of the molecule is CC1CC1c1nccc2cc(Cl)ccc12. The molecule has 3 rings (SSSR count). The molecule has 1 heterocycles. The van der Waals surface area contributed by atoms with Gasteiger partial charge in [0.05, 0.1) is 5.69 Å². The highest BCUT2D eigenvalue weighted by Gasteiger charge is 2.36. The summed E-state index contributed by atoms with van der Waals surface area (Å²) in [5.74, 6) is 1.45. The first-order chi connectivity index (χ1) is 7.25. The quantitative estimate of drug-likeness (QED) is 0.703. The van der Waals surface area contributed by atoms with Crippen molar-refractivity contribution in [2.24, 2.45) is 5.92 Å². The van der Waals surface area contributed by atoms with Crippen molar-refractivity contribution in [1.29, 1.82) is 0 Å². The van der Waals surface area contributed by atoms with E-state index < -0.39 is 0 Å². The Balaban J connectivity index is 2.22. The summed E-state index contributed by atoms with van der Waals surface area (Å²) in [4.78, 5) is 4.51. The topological polar surface area (TPSA) is 12.9 Å². The van der Waals surface area contributed by atoms with Crippen molar-refractivity contribution >= 4 is 22.4 Å². The number of aromatic nitrogens is 1. The Morgan fingerprint density at radius 1 is 1.33 bits per heavy atom. The molecule has 0 spiro atoms. The lowest BCUT2D eigenvalue weighted by molar-refractivity contribution is 0.894. The Morgan fingerprint density at radius 2 is 2.13 bits per heavy atom. The normalized spacial score (nSPS) is 24.4. The molecule has 2 aromatic rings. The van der Waals surface area contributed by atoms with Crippen LogP contribution in [0, 0.1) is 5.92 Å². The van der Waals surface area contributed by atoms with Gasteiger partial charge >= 0.3 is 0 Å². The van der Waals surface area contributed by atoms with Gasteiger partial charge in [0.25, 0.3) is 0 Å². The zero-order valence-corrected chi connectivity index (χ0v) is 9.33. The van der Waals surface area contributed by atoms with E-state index in [1.807, 2.05) is 24.4 Å². The number of hydrogen-bond donors (Lipinski definition) is 0. The first kappa shape index (κ1) is 9.17. The number of nitrogens with zero attached hydrogens (tertiary/aromatic N) is 1. The van der Waals surface area contributed by atoms with Gasteiger partial charge in [0, 0.05) is 22.5 Å². The maximum atomic E-state index is 5.97. The molecule has 1 aliphatic rings. The van der Waals surface area contributed by atoms with E-state index in [2.05, 4.69) is 18.0 Å². The van der Waals surface area contributed by atoms with Gasteiger partial charge in [0.15, 0.2) is 0 Å². The fraction of sp³-hybridized carbons (Fsp3) is 0.308. The van der Waals surface area contributed by atoms with Gasteiger partial charge in [-0.15, -0.1) is 0 Å². The van der Waals surface area contributed by atoms with Crippen LogP contribution in [0.5, 0.6) is 0 Å². The minimum Gasteiger partial charge on any atom is -0.260 e. The van der Waals surface area contributed by atoms with Gasteiger partial charge in [-0.05, 0) is 35.9 Å². The van der Waals surface area contributed by atoms with Gasteiger partial charge in [-0.2, -0.15) is 0 Å². The monoisotopic (exact) mass is 217 g/mol. The van der Waals surface area contributed by atoms with Crippen LogP contribution in [-0.4, -0.2) is 4.98 Å². The Labute approximate surface area is 94.1 Å². The van der Waals surface area contributed by atoms with Gasteiger partial charge < -0.3 is 0 Å². The predicted molar refractivity (Wildman–Crippen MR) is 63.3 cm³/mol. The van der Waals surface area contributed by atoms with Crippen molar-refractivity contribution in [2.45, 2.75) is 19.3 Å². The molecule has 15 heavy (non-hydrogen) atoms. The molecule has 0 radical (unpaired) electrons. The minimum absolute atomic E-state index is 0.662. The van der Waals surface area contributed by atoms with Crippen LogP contribution in [0.1, 0.15) is 25.0 Å². The Hall–Kier alpha value is -1.08. The van der Waals surface area contributed by atoms with E-state index in [0.717, 1.165) is 10.9 Å². The molecule has 1 saturated carbocycles. The van der Waals surface area contributed by atoms with E-state index in [4.69, 9.17) is 11.6 Å². The summed E-state index contributed by atoms with van der Waals surface area (Å²) in [6.45, 7) is 2.28. The third kappa shape index (κ3) is 1.51. The van der Waals surface area contributed by atoms with Crippen molar-refractivity contribution in [3.05, 3.63) is 41.2 Å². The summed E-state index contributed by atoms with van der Waals surface area (Å²) in [6, 6.07) is 8.07. The van der Waals surface area contributed by atoms with E-state index in [1.165, 1.54) is 22.9 Å². The van der Waals surface area contributed by atoms with Crippen LogP contribution < -0.4 is 0 Å². The third-order valence-corrected chi connectivity index (χ3v) is 3.45. The highest BCUT2D eigenvalue weighted by atomic mass is 35.5. The molecule has 0 bridgehead atoms. The number of fused-ring (bicyclic) bond motifs is 1. The maximum absolute atomic E-state index is 5.97. The summed E-state index contributed by atoms with van der Waals surface area (Å²) in [5.41, 5.74) is 1.25. The molecule has 0 aliphatic heterocycles. The first-order valence-corrected chi connectivity index (χ1v) is 5.67. The summed E-state index contributed by atoms with van der Waals surface area (Å²) in [7, 11) is 0. The summed E-state index contributed by atoms with van der Waals surface area (Å²) in [6.07, 6.45) is 3.16. The van der Waals surface area contributed by atoms with Gasteiger partial charge in [-0.3, -0.25) is 4.98 Å². The fourth-order valence-corrected chi connectivity index (χ4v) is 2.35. The standard InChI is InChI=1S/C13H12ClN/c1-8-6-12(8)13-11-3-2-10(14)7-9(11)4-5-15-13/h2-5,7-8,12H,6H2,1H3. The smallest absolute Gasteiger partial charge is 0.0515 e. The predicted octanol–water partition coefficient (Wildman–Crippen LogP) is 4.01. The number of benzene rings is 1. The molecule has 1 aromatic heterocycles. The van der Waals surface area contributed by atoms with Crippen LogP contribution in [0.4, 0.5) is 0 Å². The second-order valence-corrected chi connectivity index (χ2v) is 4.82. The number of rotatable bonds is 1. The third-order valence-electron chi connectivity index (χ3n) is 3.22. The van der Waals surface area contributed by atoms with Gasteiger partial charge in [-0.25, -0.2) is 0 Å². The van der Waals surface area contributed by atoms with Crippen molar-refractivity contribution < 1.29 is 0 Å². The van der Waals surface area contributed by atoms with E-state index in [1.54, 1.807) is 0 Å². The lowest BCUT2D eigenvalue weighted by atomic mass is 10.1. The van der Waals surface area contributed by atoms with Crippen molar-refractivity contribution in [2.75, 3.05) is 0 Å². The highest BCUT2D eigenvalue weighted by Crippen LogP contribution is 2.48. The lowest BCUT2D eigenvalue weighted by Gasteiger charge is -2.04. The molecular weight excluding hydrogens is 206 g/mol. The van der Waals surface area contributed by atoms with Crippen LogP contribution in [0.25, 0.3) is 10.8 Å². The zero-order valence-electron chi connectivity index (χ0n) is 8.57. The molecule has 2 atom stereocenters. The molecule has 0 saturated heterocycles. The summed E-state index contributed by atoms with van der Waals surface area (Å²) >= 11 is 5.97. The Bertz CT molecular complexity index is 521. The first-order valence-electron chi connectivity index (χ1n) is 5.30. The van der Waals surface area contributed by atoms with Crippen molar-refractivity contribution in [3.63, 3.8) is 0 Å². The van der Waals surface area contributed by atoms with E-state index >= 15 is 0 Å². The molecule has 0 amide bonds. The molecule has 1 aliphatic carbocycles. The molecule has 1 fully saturated rings. The molecule has 2 heteroatoms. The molecule has 2 unspecified atom stereocenters. The average molecular weight is 218 g/mol. The number of pyridine rings is 1. The van der Waals surface area contributed by atoms with Crippen molar-refractivity contribution in [3.8, 4) is 0 Å². The van der Waals surface area contributed by atoms with Crippen LogP contribution in [-0.2, 0) is 0 Å². The number of halogens is 1. The van der Waals surface area contributed by atoms with Gasteiger partial charge in [0.1, 0.15) is 0 Å². The van der Waals surface area contributed by atoms with E-state index in [9.17, 15) is 0 Å². The van der Waals surface area contributed by atoms with Crippen LogP contribution in [0.15, 0.2) is 30.5 Å². The Kier molecular flexibility index (Phi) is 1.96. The van der Waals surface area contributed by atoms with E-state index in [-0.39, 0.29) is 0 Å². The minimum atomic E-state index is 0.662. The molecule has 1 nitrogen and oxygen atoms in total. The maximum Gasteiger partial charge on any atom is 0.0515 e. The van der Waals surface area contributed by atoms with Gasteiger partial charge in [0.2, 0.25) is 0 Å². The largest absolute Gasteiger partial charge is 0.260 e. The van der Waals surface area contributed by atoms with Crippen molar-refractivity contribution in [1.82, 2.24) is 4.98 Å². The molecule has 1 aromatic carbocycles. The second kappa shape index (κ2) is 3.21. The van der Waals surface area contributed by atoms with Gasteiger partial charge in [-0.1, -0.05) is 24.6 Å².